The van der Waals surface area contributed by atoms with Gasteiger partial charge < -0.3 is 9.15 Å². The van der Waals surface area contributed by atoms with Crippen LogP contribution in [0.5, 0.6) is 0 Å². The summed E-state index contributed by atoms with van der Waals surface area (Å²) in [4.78, 5) is 4.50. The highest BCUT2D eigenvalue weighted by atomic mass is 16.5. The molecule has 2 aromatic carbocycles. The topological polar surface area (TPSA) is 35.3 Å². The molecule has 3 heteroatoms. The quantitative estimate of drug-likeness (QED) is 0.513. The summed E-state index contributed by atoms with van der Waals surface area (Å²) < 4.78 is 11.4. The van der Waals surface area contributed by atoms with Crippen molar-refractivity contribution >= 4 is 11.1 Å². The van der Waals surface area contributed by atoms with E-state index >= 15 is 0 Å². The summed E-state index contributed by atoms with van der Waals surface area (Å²) in [5.41, 5.74) is 3.08. The molecule has 1 heterocycles. The van der Waals surface area contributed by atoms with Crippen LogP contribution >= 0.6 is 0 Å². The van der Waals surface area contributed by atoms with Crippen molar-refractivity contribution < 1.29 is 9.15 Å². The number of benzene rings is 2. The average Bonchev–Trinajstić information content (AvgIpc) is 3.01. The van der Waals surface area contributed by atoms with Gasteiger partial charge in [-0.2, -0.15) is 0 Å². The molecule has 1 aromatic heterocycles. The maximum absolute atomic E-state index is 5.73. The van der Waals surface area contributed by atoms with Crippen LogP contribution < -0.4 is 0 Å². The van der Waals surface area contributed by atoms with E-state index in [4.69, 9.17) is 9.15 Å². The molecule has 3 nitrogen and oxygen atoms in total. The minimum absolute atomic E-state index is 0.712. The maximum Gasteiger partial charge on any atom is 0.195 e. The highest BCUT2D eigenvalue weighted by molar-refractivity contribution is 5.72. The van der Waals surface area contributed by atoms with E-state index in [9.17, 15) is 0 Å². The minimum Gasteiger partial charge on any atom is -0.441 e. The highest BCUT2D eigenvalue weighted by Gasteiger charge is 2.04. The molecule has 0 aliphatic heterocycles. The largest absolute Gasteiger partial charge is 0.441 e. The number of aryl methyl sites for hydroxylation is 1. The molecule has 0 amide bonds. The Morgan fingerprint density at radius 3 is 2.48 bits per heavy atom. The van der Waals surface area contributed by atoms with Gasteiger partial charge in [-0.25, -0.2) is 4.98 Å². The minimum atomic E-state index is 0.712. The molecule has 0 radical (unpaired) electrons. The van der Waals surface area contributed by atoms with Crippen LogP contribution in [0.3, 0.4) is 0 Å². The number of hydrogen-bond acceptors (Lipinski definition) is 3. The van der Waals surface area contributed by atoms with E-state index < -0.39 is 0 Å². The summed E-state index contributed by atoms with van der Waals surface area (Å²) in [5.74, 6) is 0.853. The standard InChI is InChI=1S/C20H23NO2/c1(2-9-15-22-16-17-10-4-3-5-11-17)6-14-20-21-18-12-7-8-13-19(18)23-20/h3-5,7-8,10-13H,1-2,6,9,14-16H2. The van der Waals surface area contributed by atoms with E-state index in [-0.39, 0.29) is 0 Å². The van der Waals surface area contributed by atoms with Crippen molar-refractivity contribution in [1.82, 2.24) is 4.98 Å². The van der Waals surface area contributed by atoms with Gasteiger partial charge in [-0.1, -0.05) is 55.3 Å². The van der Waals surface area contributed by atoms with Gasteiger partial charge in [0.2, 0.25) is 0 Å². The van der Waals surface area contributed by atoms with E-state index in [1.165, 1.54) is 18.4 Å². The lowest BCUT2D eigenvalue weighted by Crippen LogP contribution is -1.95. The molecule has 0 aliphatic rings. The number of aromatic nitrogens is 1. The molecule has 0 saturated carbocycles. The lowest BCUT2D eigenvalue weighted by Gasteiger charge is -2.04. The Labute approximate surface area is 137 Å². The van der Waals surface area contributed by atoms with E-state index in [2.05, 4.69) is 17.1 Å². The second-order valence-electron chi connectivity index (χ2n) is 5.78. The maximum atomic E-state index is 5.73. The number of oxazole rings is 1. The number of para-hydroxylation sites is 2. The van der Waals surface area contributed by atoms with Crippen molar-refractivity contribution in [2.24, 2.45) is 0 Å². The molecule has 0 atom stereocenters. The molecule has 0 fully saturated rings. The molecule has 23 heavy (non-hydrogen) atoms. The summed E-state index contributed by atoms with van der Waals surface area (Å²) in [7, 11) is 0. The Balaban J connectivity index is 1.26. The van der Waals surface area contributed by atoms with Crippen molar-refractivity contribution in [2.45, 2.75) is 38.7 Å². The molecule has 0 spiro atoms. The second kappa shape index (κ2) is 8.49. The van der Waals surface area contributed by atoms with Crippen molar-refractivity contribution in [2.75, 3.05) is 6.61 Å². The summed E-state index contributed by atoms with van der Waals surface area (Å²) in [5, 5.41) is 0. The summed E-state index contributed by atoms with van der Waals surface area (Å²) in [6.45, 7) is 1.54. The zero-order valence-electron chi connectivity index (χ0n) is 13.4. The Hall–Kier alpha value is -2.13. The molecule has 3 aromatic rings. The first-order valence-corrected chi connectivity index (χ1v) is 8.38. The van der Waals surface area contributed by atoms with Gasteiger partial charge in [-0.15, -0.1) is 0 Å². The van der Waals surface area contributed by atoms with Crippen LogP contribution in [0.2, 0.25) is 0 Å². The number of unbranched alkanes of at least 4 members (excludes halogenated alkanes) is 3. The van der Waals surface area contributed by atoms with Crippen LogP contribution in [0.1, 0.15) is 37.1 Å². The summed E-state index contributed by atoms with van der Waals surface area (Å²) in [6, 6.07) is 18.2. The monoisotopic (exact) mass is 309 g/mol. The number of ether oxygens (including phenoxy) is 1. The fourth-order valence-electron chi connectivity index (χ4n) is 2.63. The number of rotatable bonds is 9. The Morgan fingerprint density at radius 2 is 1.61 bits per heavy atom. The lowest BCUT2D eigenvalue weighted by atomic mass is 10.1. The van der Waals surface area contributed by atoms with Gasteiger partial charge in [0.05, 0.1) is 6.61 Å². The molecular formula is C20H23NO2. The smallest absolute Gasteiger partial charge is 0.195 e. The number of fused-ring (bicyclic) bond motifs is 1. The van der Waals surface area contributed by atoms with Gasteiger partial charge in [0.15, 0.2) is 11.5 Å². The van der Waals surface area contributed by atoms with E-state index in [1.807, 2.05) is 42.5 Å². The highest BCUT2D eigenvalue weighted by Crippen LogP contribution is 2.16. The van der Waals surface area contributed by atoms with Crippen LogP contribution in [0, 0.1) is 0 Å². The fraction of sp³-hybridized carbons (Fsp3) is 0.350. The molecule has 0 unspecified atom stereocenters. The molecular weight excluding hydrogens is 286 g/mol. The van der Waals surface area contributed by atoms with Crippen molar-refractivity contribution in [3.63, 3.8) is 0 Å². The first kappa shape index (κ1) is 15.8. The Morgan fingerprint density at radius 1 is 0.826 bits per heavy atom. The second-order valence-corrected chi connectivity index (χ2v) is 5.78. The van der Waals surface area contributed by atoms with Crippen LogP contribution in [-0.2, 0) is 17.8 Å². The van der Waals surface area contributed by atoms with Gasteiger partial charge in [0.1, 0.15) is 5.52 Å². The first-order valence-electron chi connectivity index (χ1n) is 8.38. The van der Waals surface area contributed by atoms with Crippen LogP contribution in [-0.4, -0.2) is 11.6 Å². The molecule has 120 valence electrons. The zero-order valence-corrected chi connectivity index (χ0v) is 13.4. The van der Waals surface area contributed by atoms with Gasteiger partial charge in [0, 0.05) is 13.0 Å². The van der Waals surface area contributed by atoms with Crippen molar-refractivity contribution in [3.05, 3.63) is 66.1 Å². The van der Waals surface area contributed by atoms with Crippen molar-refractivity contribution in [3.8, 4) is 0 Å². The van der Waals surface area contributed by atoms with Crippen LogP contribution in [0.25, 0.3) is 11.1 Å². The van der Waals surface area contributed by atoms with Crippen LogP contribution in [0.4, 0.5) is 0 Å². The van der Waals surface area contributed by atoms with Gasteiger partial charge in [-0.3, -0.25) is 0 Å². The summed E-state index contributed by atoms with van der Waals surface area (Å²) in [6.07, 6.45) is 5.52. The third-order valence-electron chi connectivity index (χ3n) is 3.88. The molecule has 0 saturated heterocycles. The van der Waals surface area contributed by atoms with Gasteiger partial charge >= 0.3 is 0 Å². The molecule has 0 bridgehead atoms. The predicted octanol–water partition coefficient (Wildman–Crippen LogP) is 5.15. The zero-order chi connectivity index (χ0) is 15.7. The van der Waals surface area contributed by atoms with Crippen LogP contribution in [0.15, 0.2) is 59.0 Å². The summed E-state index contributed by atoms with van der Waals surface area (Å²) >= 11 is 0. The average molecular weight is 309 g/mol. The Kier molecular flexibility index (Phi) is 5.81. The third kappa shape index (κ3) is 4.93. The van der Waals surface area contributed by atoms with Gasteiger partial charge in [0.25, 0.3) is 0 Å². The van der Waals surface area contributed by atoms with E-state index in [0.717, 1.165) is 42.9 Å². The SMILES string of the molecule is c1ccc(COCCCCCCc2nc3ccccc3o2)cc1. The van der Waals surface area contributed by atoms with Gasteiger partial charge in [-0.05, 0) is 30.5 Å². The predicted molar refractivity (Wildman–Crippen MR) is 92.3 cm³/mol. The molecule has 0 aliphatic carbocycles. The fourth-order valence-corrected chi connectivity index (χ4v) is 2.63. The number of nitrogens with zero attached hydrogens (tertiary/aromatic N) is 1. The molecule has 3 rings (SSSR count). The van der Waals surface area contributed by atoms with E-state index in [1.54, 1.807) is 0 Å². The van der Waals surface area contributed by atoms with Crippen molar-refractivity contribution in [1.29, 1.82) is 0 Å². The molecule has 0 N–H and O–H groups in total. The Bertz CT molecular complexity index is 673. The third-order valence-corrected chi connectivity index (χ3v) is 3.88. The first-order chi connectivity index (χ1) is 11.4. The lowest BCUT2D eigenvalue weighted by molar-refractivity contribution is 0.116. The normalized spacial score (nSPS) is 11.1. The van der Waals surface area contributed by atoms with E-state index in [0.29, 0.717) is 6.61 Å². The number of hydrogen-bond donors (Lipinski definition) is 0.